The Morgan fingerprint density at radius 2 is 2.14 bits per heavy atom. The summed E-state index contributed by atoms with van der Waals surface area (Å²) < 4.78 is 38.2. The van der Waals surface area contributed by atoms with E-state index in [0.717, 1.165) is 22.8 Å². The first-order valence-corrected chi connectivity index (χ1v) is 7.59. The highest BCUT2D eigenvalue weighted by Gasteiger charge is 2.33. The lowest BCUT2D eigenvalue weighted by molar-refractivity contribution is -0.137. The summed E-state index contributed by atoms with van der Waals surface area (Å²) in [5.41, 5.74) is -0.108. The van der Waals surface area contributed by atoms with Gasteiger partial charge >= 0.3 is 6.18 Å². The highest BCUT2D eigenvalue weighted by Crippen LogP contribution is 2.36. The normalized spacial score (nSPS) is 11.5. The summed E-state index contributed by atoms with van der Waals surface area (Å²) in [7, 11) is 0. The largest absolute Gasteiger partial charge is 0.417 e. The number of hydrogen-bond acceptors (Lipinski definition) is 3. The second kappa shape index (κ2) is 6.66. The zero-order valence-electron chi connectivity index (χ0n) is 11.5. The van der Waals surface area contributed by atoms with Gasteiger partial charge in [0.15, 0.2) is 0 Å². The maximum absolute atomic E-state index is 12.7. The third-order valence-corrected chi connectivity index (χ3v) is 3.98. The van der Waals surface area contributed by atoms with Crippen LogP contribution in [-0.2, 0) is 17.4 Å². The number of nitrogens with zero attached hydrogens (tertiary/aromatic N) is 1. The average molecular weight is 349 g/mol. The summed E-state index contributed by atoms with van der Waals surface area (Å²) in [6.07, 6.45) is -3.97. The predicted molar refractivity (Wildman–Crippen MR) is 80.3 cm³/mol. The highest BCUT2D eigenvalue weighted by molar-refractivity contribution is 7.09. The molecule has 118 valence electrons. The lowest BCUT2D eigenvalue weighted by Gasteiger charge is -2.11. The van der Waals surface area contributed by atoms with Crippen LogP contribution in [0.3, 0.4) is 0 Å². The quantitative estimate of drug-likeness (QED) is 0.870. The smallest absolute Gasteiger partial charge is 0.326 e. The van der Waals surface area contributed by atoms with E-state index < -0.39 is 16.8 Å². The Hall–Kier alpha value is -1.60. The molecule has 0 saturated heterocycles. The molecule has 0 unspecified atom stereocenters. The molecule has 2 rings (SSSR count). The summed E-state index contributed by atoms with van der Waals surface area (Å²) >= 11 is 7.00. The Morgan fingerprint density at radius 3 is 2.73 bits per heavy atom. The first-order valence-electron chi connectivity index (χ1n) is 6.33. The fourth-order valence-electron chi connectivity index (χ4n) is 1.81. The Morgan fingerprint density at radius 1 is 1.41 bits per heavy atom. The average Bonchev–Trinajstić information content (AvgIpc) is 2.83. The number of alkyl halides is 3. The van der Waals surface area contributed by atoms with Crippen molar-refractivity contribution in [2.24, 2.45) is 0 Å². The molecule has 1 aromatic heterocycles. The molecule has 0 fully saturated rings. The Labute approximate surface area is 134 Å². The summed E-state index contributed by atoms with van der Waals surface area (Å²) in [5, 5.41) is 4.80. The van der Waals surface area contributed by atoms with Crippen LogP contribution in [0.25, 0.3) is 0 Å². The van der Waals surface area contributed by atoms with Gasteiger partial charge < -0.3 is 5.32 Å². The van der Waals surface area contributed by atoms with Gasteiger partial charge in [-0.15, -0.1) is 11.3 Å². The van der Waals surface area contributed by atoms with Crippen molar-refractivity contribution in [3.8, 4) is 0 Å². The molecule has 22 heavy (non-hydrogen) atoms. The van der Waals surface area contributed by atoms with E-state index in [1.54, 1.807) is 0 Å². The molecule has 0 atom stereocenters. The molecule has 0 aliphatic carbocycles. The van der Waals surface area contributed by atoms with Gasteiger partial charge in [-0.05, 0) is 31.5 Å². The van der Waals surface area contributed by atoms with Crippen LogP contribution in [0.15, 0.2) is 23.6 Å². The molecule has 3 nitrogen and oxygen atoms in total. The summed E-state index contributed by atoms with van der Waals surface area (Å²) in [4.78, 5) is 16.0. The van der Waals surface area contributed by atoms with Crippen LogP contribution in [0.1, 0.15) is 22.7 Å². The standard InChI is InChI=1S/C14H12ClF3N2OS/c1-8-19-10(7-22-8)3-5-13(21)20-9-2-4-12(15)11(6-9)14(16,17)18/h2,4,6-7H,3,5H2,1H3,(H,20,21). The molecule has 0 radical (unpaired) electrons. The third-order valence-electron chi connectivity index (χ3n) is 2.83. The number of thiazole rings is 1. The molecule has 0 aliphatic rings. The van der Waals surface area contributed by atoms with Crippen LogP contribution >= 0.6 is 22.9 Å². The van der Waals surface area contributed by atoms with Crippen molar-refractivity contribution in [3.63, 3.8) is 0 Å². The molecular weight excluding hydrogens is 337 g/mol. The second-order valence-corrected chi connectivity index (χ2v) is 6.07. The molecule has 2 aromatic rings. The Balaban J connectivity index is 1.99. The number of rotatable bonds is 4. The number of aromatic nitrogens is 1. The number of hydrogen-bond donors (Lipinski definition) is 1. The van der Waals surface area contributed by atoms with Crippen LogP contribution in [0.4, 0.5) is 18.9 Å². The number of nitrogens with one attached hydrogen (secondary N) is 1. The first kappa shape index (κ1) is 16.8. The van der Waals surface area contributed by atoms with Gasteiger partial charge in [0.05, 0.1) is 21.3 Å². The van der Waals surface area contributed by atoms with Gasteiger partial charge in [-0.1, -0.05) is 11.6 Å². The number of aryl methyl sites for hydroxylation is 2. The first-order chi connectivity index (χ1) is 10.3. The zero-order valence-corrected chi connectivity index (χ0v) is 13.1. The second-order valence-electron chi connectivity index (χ2n) is 4.60. The maximum atomic E-state index is 12.7. The van der Waals surface area contributed by atoms with Crippen LogP contribution in [0, 0.1) is 6.92 Å². The van der Waals surface area contributed by atoms with Gasteiger partial charge in [0, 0.05) is 17.5 Å². The molecule has 0 bridgehead atoms. The van der Waals surface area contributed by atoms with E-state index in [-0.39, 0.29) is 18.0 Å². The lowest BCUT2D eigenvalue weighted by atomic mass is 10.2. The predicted octanol–water partition coefficient (Wildman–Crippen LogP) is 4.70. The fourth-order valence-corrected chi connectivity index (χ4v) is 2.68. The molecule has 0 saturated carbocycles. The number of benzene rings is 1. The summed E-state index contributed by atoms with van der Waals surface area (Å²) in [6.45, 7) is 1.86. The summed E-state index contributed by atoms with van der Waals surface area (Å²) in [5.74, 6) is -0.374. The topological polar surface area (TPSA) is 42.0 Å². The van der Waals surface area contributed by atoms with Crippen LogP contribution < -0.4 is 5.32 Å². The van der Waals surface area contributed by atoms with Crippen LogP contribution in [0.5, 0.6) is 0 Å². The van der Waals surface area contributed by atoms with Crippen molar-refractivity contribution in [2.75, 3.05) is 5.32 Å². The van der Waals surface area contributed by atoms with Gasteiger partial charge in [-0.2, -0.15) is 13.2 Å². The van der Waals surface area contributed by atoms with Gasteiger partial charge in [0.25, 0.3) is 0 Å². The Bertz CT molecular complexity index is 685. The number of anilines is 1. The fraction of sp³-hybridized carbons (Fsp3) is 0.286. The molecule has 8 heteroatoms. The van der Waals surface area contributed by atoms with E-state index in [1.165, 1.54) is 17.4 Å². The van der Waals surface area contributed by atoms with E-state index in [4.69, 9.17) is 11.6 Å². The number of carbonyl (C=O) groups excluding carboxylic acids is 1. The van der Waals surface area contributed by atoms with E-state index in [9.17, 15) is 18.0 Å². The van der Waals surface area contributed by atoms with Crippen LogP contribution in [-0.4, -0.2) is 10.9 Å². The molecule has 0 aliphatic heterocycles. The minimum atomic E-state index is -4.56. The van der Waals surface area contributed by atoms with E-state index in [0.29, 0.717) is 6.42 Å². The molecule has 1 amide bonds. The van der Waals surface area contributed by atoms with Crippen molar-refractivity contribution in [2.45, 2.75) is 25.9 Å². The van der Waals surface area contributed by atoms with Gasteiger partial charge in [-0.25, -0.2) is 4.98 Å². The minimum Gasteiger partial charge on any atom is -0.326 e. The molecular formula is C14H12ClF3N2OS. The van der Waals surface area contributed by atoms with Gasteiger partial charge in [0.2, 0.25) is 5.91 Å². The van der Waals surface area contributed by atoms with Crippen molar-refractivity contribution in [1.82, 2.24) is 4.98 Å². The van der Waals surface area contributed by atoms with Crippen molar-refractivity contribution in [1.29, 1.82) is 0 Å². The third kappa shape index (κ3) is 4.45. The number of amides is 1. The molecule has 1 N–H and O–H groups in total. The van der Waals surface area contributed by atoms with Gasteiger partial charge in [0.1, 0.15) is 0 Å². The van der Waals surface area contributed by atoms with E-state index >= 15 is 0 Å². The minimum absolute atomic E-state index is 0.0659. The van der Waals surface area contributed by atoms with Crippen molar-refractivity contribution < 1.29 is 18.0 Å². The maximum Gasteiger partial charge on any atom is 0.417 e. The number of carbonyl (C=O) groups is 1. The lowest BCUT2D eigenvalue weighted by Crippen LogP contribution is -2.14. The zero-order chi connectivity index (χ0) is 16.3. The molecule has 1 aromatic carbocycles. The summed E-state index contributed by atoms with van der Waals surface area (Å²) in [6, 6.07) is 3.28. The molecule has 1 heterocycles. The van der Waals surface area contributed by atoms with Crippen molar-refractivity contribution >= 4 is 34.5 Å². The van der Waals surface area contributed by atoms with E-state index in [2.05, 4.69) is 10.3 Å². The highest BCUT2D eigenvalue weighted by atomic mass is 35.5. The monoisotopic (exact) mass is 348 g/mol. The van der Waals surface area contributed by atoms with Gasteiger partial charge in [-0.3, -0.25) is 4.79 Å². The van der Waals surface area contributed by atoms with Crippen LogP contribution in [0.2, 0.25) is 5.02 Å². The van der Waals surface area contributed by atoms with Crippen molar-refractivity contribution in [3.05, 3.63) is 44.9 Å². The molecule has 0 spiro atoms. The van der Waals surface area contributed by atoms with E-state index in [1.807, 2.05) is 12.3 Å². The Kier molecular flexibility index (Phi) is 5.08. The SMILES string of the molecule is Cc1nc(CCC(=O)Nc2ccc(Cl)c(C(F)(F)F)c2)cs1. The number of halogens is 4.